The number of fused-ring (bicyclic) bond motifs is 3. The van der Waals surface area contributed by atoms with E-state index >= 15 is 0 Å². The second-order valence-corrected chi connectivity index (χ2v) is 5.28. The number of aromatic nitrogens is 2. The molecule has 2 aromatic carbocycles. The third-order valence-corrected chi connectivity index (χ3v) is 3.93. The number of nitrogens with zero attached hydrogens (tertiary/aromatic N) is 2. The van der Waals surface area contributed by atoms with Gasteiger partial charge in [0.1, 0.15) is 0 Å². The Morgan fingerprint density at radius 3 is 2.61 bits per heavy atom. The number of hydrogen-bond donors (Lipinski definition) is 0. The number of carbonyl (C=O) groups excluding carboxylic acids is 1. The van der Waals surface area contributed by atoms with Crippen LogP contribution in [0.2, 0.25) is 0 Å². The molecule has 2 heterocycles. The predicted molar refractivity (Wildman–Crippen MR) is 89.5 cm³/mol. The van der Waals surface area contributed by atoms with Gasteiger partial charge >= 0.3 is 5.97 Å². The van der Waals surface area contributed by atoms with Gasteiger partial charge in [0.25, 0.3) is 0 Å². The molecule has 0 aliphatic heterocycles. The minimum atomic E-state index is -0.359. The number of ether oxygens (including phenoxy) is 1. The smallest absolute Gasteiger partial charge is 0.337 e. The first-order valence-electron chi connectivity index (χ1n) is 7.32. The molecule has 4 rings (SSSR count). The summed E-state index contributed by atoms with van der Waals surface area (Å²) in [5.41, 5.74) is 5.19. The molecule has 0 spiro atoms. The summed E-state index contributed by atoms with van der Waals surface area (Å²) >= 11 is 0. The Morgan fingerprint density at radius 2 is 1.83 bits per heavy atom. The molecule has 2 aromatic heterocycles. The Hall–Kier alpha value is -3.14. The number of carbonyl (C=O) groups is 1. The van der Waals surface area contributed by atoms with Crippen molar-refractivity contribution < 1.29 is 9.53 Å². The molecule has 0 aliphatic carbocycles. The summed E-state index contributed by atoms with van der Waals surface area (Å²) in [5.74, 6) is -0.359. The summed E-state index contributed by atoms with van der Waals surface area (Å²) < 4.78 is 6.89. The van der Waals surface area contributed by atoms with Gasteiger partial charge in [0.15, 0.2) is 0 Å². The van der Waals surface area contributed by atoms with E-state index in [1.807, 2.05) is 54.7 Å². The van der Waals surface area contributed by atoms with Crippen molar-refractivity contribution in [2.24, 2.45) is 0 Å². The summed E-state index contributed by atoms with van der Waals surface area (Å²) in [6.45, 7) is 0. The first kappa shape index (κ1) is 13.5. The lowest BCUT2D eigenvalue weighted by Crippen LogP contribution is -2.02. The molecule has 0 atom stereocenters. The topological polar surface area (TPSA) is 43.6 Å². The molecular weight excluding hydrogens is 288 g/mol. The Bertz CT molecular complexity index is 1020. The van der Waals surface area contributed by atoms with Crippen LogP contribution < -0.4 is 0 Å². The highest BCUT2D eigenvalue weighted by atomic mass is 16.5. The van der Waals surface area contributed by atoms with Gasteiger partial charge in [0.2, 0.25) is 0 Å². The Labute approximate surface area is 133 Å². The van der Waals surface area contributed by atoms with E-state index in [4.69, 9.17) is 9.72 Å². The number of rotatable bonds is 2. The van der Waals surface area contributed by atoms with E-state index in [1.165, 1.54) is 7.11 Å². The second kappa shape index (κ2) is 5.25. The summed E-state index contributed by atoms with van der Waals surface area (Å²) in [5, 5.41) is 0. The van der Waals surface area contributed by atoms with E-state index in [9.17, 15) is 4.79 Å². The zero-order valence-electron chi connectivity index (χ0n) is 12.6. The zero-order chi connectivity index (χ0) is 15.8. The number of methoxy groups -OCH3 is 1. The first-order valence-corrected chi connectivity index (χ1v) is 7.32. The van der Waals surface area contributed by atoms with Crippen molar-refractivity contribution in [3.8, 4) is 11.3 Å². The molecule has 4 heteroatoms. The van der Waals surface area contributed by atoms with Crippen LogP contribution in [0.4, 0.5) is 0 Å². The minimum absolute atomic E-state index is 0.359. The van der Waals surface area contributed by atoms with Gasteiger partial charge in [-0.15, -0.1) is 0 Å². The van der Waals surface area contributed by atoms with Crippen molar-refractivity contribution >= 4 is 22.5 Å². The molecule has 4 aromatic rings. The van der Waals surface area contributed by atoms with Crippen molar-refractivity contribution in [2.75, 3.05) is 7.11 Å². The average Bonchev–Trinajstić information content (AvgIpc) is 3.10. The van der Waals surface area contributed by atoms with E-state index in [2.05, 4.69) is 4.40 Å². The van der Waals surface area contributed by atoms with Gasteiger partial charge in [-0.1, -0.05) is 30.3 Å². The molecule has 0 aliphatic rings. The van der Waals surface area contributed by atoms with Gasteiger partial charge in [0, 0.05) is 11.8 Å². The van der Waals surface area contributed by atoms with Crippen LogP contribution in [-0.2, 0) is 4.74 Å². The van der Waals surface area contributed by atoms with Crippen molar-refractivity contribution in [1.82, 2.24) is 9.38 Å². The summed E-state index contributed by atoms with van der Waals surface area (Å²) in [6.07, 6.45) is 2.00. The van der Waals surface area contributed by atoms with Crippen LogP contribution in [-0.4, -0.2) is 22.5 Å². The van der Waals surface area contributed by atoms with Gasteiger partial charge in [-0.2, -0.15) is 0 Å². The highest BCUT2D eigenvalue weighted by Gasteiger charge is 2.12. The Kier molecular flexibility index (Phi) is 3.08. The van der Waals surface area contributed by atoms with E-state index in [0.29, 0.717) is 5.56 Å². The van der Waals surface area contributed by atoms with Gasteiger partial charge in [0.05, 0.1) is 34.9 Å². The standard InChI is InChI=1S/C19H14N2O2/c1-23-19(22)14-9-10-16-15(12-14)20-18(13-6-3-2-4-7-13)17-8-5-11-21(16)17/h2-12H,1H3. The maximum Gasteiger partial charge on any atom is 0.337 e. The second-order valence-electron chi connectivity index (χ2n) is 5.28. The third-order valence-electron chi connectivity index (χ3n) is 3.93. The van der Waals surface area contributed by atoms with Crippen LogP contribution in [0.3, 0.4) is 0 Å². The molecule has 0 amide bonds. The summed E-state index contributed by atoms with van der Waals surface area (Å²) in [6, 6.07) is 19.5. The van der Waals surface area contributed by atoms with E-state index < -0.39 is 0 Å². The molecule has 4 nitrogen and oxygen atoms in total. The monoisotopic (exact) mass is 302 g/mol. The van der Waals surface area contributed by atoms with Crippen molar-refractivity contribution in [3.63, 3.8) is 0 Å². The van der Waals surface area contributed by atoms with Crippen molar-refractivity contribution in [3.05, 3.63) is 72.4 Å². The molecule has 0 fully saturated rings. The number of esters is 1. The van der Waals surface area contributed by atoms with E-state index in [1.54, 1.807) is 12.1 Å². The fraction of sp³-hybridized carbons (Fsp3) is 0.0526. The van der Waals surface area contributed by atoms with Crippen LogP contribution in [0.15, 0.2) is 66.9 Å². The molecule has 23 heavy (non-hydrogen) atoms. The highest BCUT2D eigenvalue weighted by Crippen LogP contribution is 2.27. The maximum absolute atomic E-state index is 11.8. The lowest BCUT2D eigenvalue weighted by atomic mass is 10.1. The first-order chi connectivity index (χ1) is 11.3. The Balaban J connectivity index is 2.05. The number of benzene rings is 2. The van der Waals surface area contributed by atoms with Crippen LogP contribution >= 0.6 is 0 Å². The maximum atomic E-state index is 11.8. The summed E-state index contributed by atoms with van der Waals surface area (Å²) in [7, 11) is 1.38. The molecule has 0 unspecified atom stereocenters. The fourth-order valence-corrected chi connectivity index (χ4v) is 2.83. The Morgan fingerprint density at radius 1 is 1.00 bits per heavy atom. The fourth-order valence-electron chi connectivity index (χ4n) is 2.83. The largest absolute Gasteiger partial charge is 0.465 e. The molecular formula is C19H14N2O2. The van der Waals surface area contributed by atoms with Crippen LogP contribution in [0.1, 0.15) is 10.4 Å². The van der Waals surface area contributed by atoms with Crippen molar-refractivity contribution in [2.45, 2.75) is 0 Å². The predicted octanol–water partition coefficient (Wildman–Crippen LogP) is 3.94. The third kappa shape index (κ3) is 2.16. The number of hydrogen-bond acceptors (Lipinski definition) is 3. The SMILES string of the molecule is COC(=O)c1ccc2c(c1)nc(-c1ccccc1)c1cccn12. The summed E-state index contributed by atoms with van der Waals surface area (Å²) in [4.78, 5) is 16.6. The average molecular weight is 302 g/mol. The van der Waals surface area contributed by atoms with Gasteiger partial charge in [-0.3, -0.25) is 0 Å². The zero-order valence-corrected chi connectivity index (χ0v) is 12.6. The van der Waals surface area contributed by atoms with Crippen LogP contribution in [0.5, 0.6) is 0 Å². The van der Waals surface area contributed by atoms with Crippen LogP contribution in [0.25, 0.3) is 27.8 Å². The van der Waals surface area contributed by atoms with Crippen LogP contribution in [0, 0.1) is 0 Å². The van der Waals surface area contributed by atoms with Gasteiger partial charge in [-0.25, -0.2) is 9.78 Å². The molecule has 0 radical (unpaired) electrons. The molecule has 112 valence electrons. The molecule has 0 N–H and O–H groups in total. The minimum Gasteiger partial charge on any atom is -0.465 e. The van der Waals surface area contributed by atoms with Gasteiger partial charge < -0.3 is 9.14 Å². The lowest BCUT2D eigenvalue weighted by Gasteiger charge is -2.09. The van der Waals surface area contributed by atoms with Crippen molar-refractivity contribution in [1.29, 1.82) is 0 Å². The molecule has 0 saturated heterocycles. The molecule has 0 bridgehead atoms. The lowest BCUT2D eigenvalue weighted by molar-refractivity contribution is 0.0601. The van der Waals surface area contributed by atoms with Gasteiger partial charge in [-0.05, 0) is 30.3 Å². The van der Waals surface area contributed by atoms with E-state index in [0.717, 1.165) is 27.8 Å². The molecule has 0 saturated carbocycles. The normalized spacial score (nSPS) is 11.0. The van der Waals surface area contributed by atoms with E-state index in [-0.39, 0.29) is 5.97 Å². The quantitative estimate of drug-likeness (QED) is 0.527. The highest BCUT2D eigenvalue weighted by molar-refractivity contribution is 5.95.